The molecule has 0 aliphatic rings. The summed E-state index contributed by atoms with van der Waals surface area (Å²) in [6, 6.07) is 29.7. The van der Waals surface area contributed by atoms with E-state index in [2.05, 4.69) is 24.3 Å². The third-order valence-corrected chi connectivity index (χ3v) is 5.50. The minimum Gasteiger partial charge on any atom is -0.455 e. The van der Waals surface area contributed by atoms with E-state index in [1.807, 2.05) is 60.7 Å². The van der Waals surface area contributed by atoms with E-state index < -0.39 is 0 Å². The summed E-state index contributed by atoms with van der Waals surface area (Å²) in [5.74, 6) is 0.525. The zero-order chi connectivity index (χ0) is 18.7. The van der Waals surface area contributed by atoms with Crippen LogP contribution in [-0.2, 0) is 0 Å². The van der Waals surface area contributed by atoms with Crippen molar-refractivity contribution in [3.05, 3.63) is 96.8 Å². The molecule has 0 spiro atoms. The summed E-state index contributed by atoms with van der Waals surface area (Å²) in [4.78, 5) is 0. The lowest BCUT2D eigenvalue weighted by molar-refractivity contribution is 0.629. The molecule has 6 rings (SSSR count). The predicted octanol–water partition coefficient (Wildman–Crippen LogP) is 7.70. The second kappa shape index (κ2) is 5.67. The van der Waals surface area contributed by atoms with Crippen LogP contribution < -0.4 is 0 Å². The summed E-state index contributed by atoms with van der Waals surface area (Å²) in [6.45, 7) is 0. The van der Waals surface area contributed by atoms with Gasteiger partial charge >= 0.3 is 0 Å². The lowest BCUT2D eigenvalue weighted by Gasteiger charge is -2.09. The second-order valence-electron chi connectivity index (χ2n) is 7.13. The lowest BCUT2D eigenvalue weighted by Crippen LogP contribution is -1.85. The van der Waals surface area contributed by atoms with Crippen LogP contribution in [-0.4, -0.2) is 0 Å². The third-order valence-electron chi connectivity index (χ3n) is 5.50. The van der Waals surface area contributed by atoms with Crippen molar-refractivity contribution in [1.82, 2.24) is 0 Å². The topological polar surface area (TPSA) is 13.1 Å². The molecule has 0 unspecified atom stereocenters. The third kappa shape index (κ3) is 2.12. The maximum absolute atomic E-state index is 15.0. The summed E-state index contributed by atoms with van der Waals surface area (Å²) in [5.41, 5.74) is 1.72. The molecule has 0 radical (unpaired) electrons. The van der Waals surface area contributed by atoms with Gasteiger partial charge in [0.15, 0.2) is 0 Å². The number of furan rings is 1. The molecule has 132 valence electrons. The smallest absolute Gasteiger partial charge is 0.143 e. The number of fused-ring (bicyclic) bond motifs is 7. The first-order valence-electron chi connectivity index (χ1n) is 9.31. The van der Waals surface area contributed by atoms with Crippen molar-refractivity contribution >= 4 is 43.3 Å². The largest absolute Gasteiger partial charge is 0.455 e. The SMILES string of the molecule is Fc1cc2cc(-c3ccccc3)oc2c2c1ccc1ccc3ccccc3c12. The van der Waals surface area contributed by atoms with E-state index in [1.54, 1.807) is 6.07 Å². The molecule has 1 nitrogen and oxygen atoms in total. The Bertz CT molecular complexity index is 1510. The normalized spacial score (nSPS) is 11.8. The molecule has 1 heterocycles. The zero-order valence-electron chi connectivity index (χ0n) is 14.9. The molecule has 1 aromatic heterocycles. The van der Waals surface area contributed by atoms with E-state index in [-0.39, 0.29) is 5.82 Å². The number of benzene rings is 5. The molecule has 0 fully saturated rings. The molecule has 0 saturated carbocycles. The van der Waals surface area contributed by atoms with Crippen molar-refractivity contribution in [2.45, 2.75) is 0 Å². The monoisotopic (exact) mass is 362 g/mol. The maximum atomic E-state index is 15.0. The van der Waals surface area contributed by atoms with Gasteiger partial charge in [-0.15, -0.1) is 0 Å². The molecule has 28 heavy (non-hydrogen) atoms. The van der Waals surface area contributed by atoms with Crippen LogP contribution in [0.25, 0.3) is 54.6 Å². The van der Waals surface area contributed by atoms with Crippen LogP contribution in [0, 0.1) is 5.82 Å². The standard InChI is InChI=1S/C26H15FO/c27-22-14-19-15-23(17-7-2-1-3-8-17)28-26(19)25-21(22)13-12-18-11-10-16-6-4-5-9-20(16)24(18)25/h1-15H. The number of hydrogen-bond donors (Lipinski definition) is 0. The van der Waals surface area contributed by atoms with Gasteiger partial charge in [-0.05, 0) is 28.3 Å². The Morgan fingerprint density at radius 3 is 2.21 bits per heavy atom. The molecule has 2 heteroatoms. The Balaban J connectivity index is 1.85. The highest BCUT2D eigenvalue weighted by Crippen LogP contribution is 2.40. The van der Waals surface area contributed by atoms with Crippen molar-refractivity contribution in [2.75, 3.05) is 0 Å². The summed E-state index contributed by atoms with van der Waals surface area (Å²) in [5, 5.41) is 6.57. The fourth-order valence-corrected chi connectivity index (χ4v) is 4.20. The van der Waals surface area contributed by atoms with Crippen molar-refractivity contribution in [3.8, 4) is 11.3 Å². The molecule has 0 saturated heterocycles. The Hall–Kier alpha value is -3.65. The predicted molar refractivity (Wildman–Crippen MR) is 114 cm³/mol. The first kappa shape index (κ1) is 15.4. The molecule has 5 aromatic carbocycles. The number of rotatable bonds is 1. The highest BCUT2D eigenvalue weighted by molar-refractivity contribution is 6.26. The van der Waals surface area contributed by atoms with Crippen LogP contribution in [0.1, 0.15) is 0 Å². The quantitative estimate of drug-likeness (QED) is 0.273. The van der Waals surface area contributed by atoms with Crippen LogP contribution in [0.15, 0.2) is 95.4 Å². The molecule has 0 aliphatic carbocycles. The molecule has 0 aliphatic heterocycles. The van der Waals surface area contributed by atoms with Crippen molar-refractivity contribution < 1.29 is 8.81 Å². The van der Waals surface area contributed by atoms with E-state index in [0.29, 0.717) is 5.39 Å². The van der Waals surface area contributed by atoms with Gasteiger partial charge in [-0.2, -0.15) is 0 Å². The van der Waals surface area contributed by atoms with E-state index in [4.69, 9.17) is 4.42 Å². The van der Waals surface area contributed by atoms with E-state index in [0.717, 1.165) is 49.2 Å². The first-order valence-corrected chi connectivity index (χ1v) is 9.31. The van der Waals surface area contributed by atoms with Crippen LogP contribution in [0.2, 0.25) is 0 Å². The average Bonchev–Trinajstić information content (AvgIpc) is 3.17. The van der Waals surface area contributed by atoms with Gasteiger partial charge in [0.25, 0.3) is 0 Å². The minimum atomic E-state index is -0.224. The Kier molecular flexibility index (Phi) is 3.12. The number of halogens is 1. The van der Waals surface area contributed by atoms with E-state index in [1.165, 1.54) is 0 Å². The molecule has 0 amide bonds. The van der Waals surface area contributed by atoms with Gasteiger partial charge in [-0.25, -0.2) is 4.39 Å². The van der Waals surface area contributed by atoms with Gasteiger partial charge in [0, 0.05) is 27.1 Å². The van der Waals surface area contributed by atoms with E-state index >= 15 is 4.39 Å². The summed E-state index contributed by atoms with van der Waals surface area (Å²) >= 11 is 0. The average molecular weight is 362 g/mol. The Morgan fingerprint density at radius 1 is 0.571 bits per heavy atom. The molecular formula is C26H15FO. The van der Waals surface area contributed by atoms with Crippen LogP contribution in [0.5, 0.6) is 0 Å². The molecular weight excluding hydrogens is 347 g/mol. The van der Waals surface area contributed by atoms with Gasteiger partial charge in [0.2, 0.25) is 0 Å². The second-order valence-corrected chi connectivity index (χ2v) is 7.13. The highest BCUT2D eigenvalue weighted by atomic mass is 19.1. The molecule has 6 aromatic rings. The first-order chi connectivity index (χ1) is 13.8. The Morgan fingerprint density at radius 2 is 1.32 bits per heavy atom. The summed E-state index contributed by atoms with van der Waals surface area (Å²) in [7, 11) is 0. The van der Waals surface area contributed by atoms with Crippen LogP contribution in [0.3, 0.4) is 0 Å². The molecule has 0 atom stereocenters. The van der Waals surface area contributed by atoms with Crippen molar-refractivity contribution in [1.29, 1.82) is 0 Å². The zero-order valence-corrected chi connectivity index (χ0v) is 14.9. The van der Waals surface area contributed by atoms with Crippen molar-refractivity contribution in [2.24, 2.45) is 0 Å². The molecule has 0 bridgehead atoms. The van der Waals surface area contributed by atoms with Gasteiger partial charge < -0.3 is 4.42 Å². The number of hydrogen-bond acceptors (Lipinski definition) is 1. The maximum Gasteiger partial charge on any atom is 0.143 e. The summed E-state index contributed by atoms with van der Waals surface area (Å²) < 4.78 is 21.3. The minimum absolute atomic E-state index is 0.224. The van der Waals surface area contributed by atoms with Gasteiger partial charge in [-0.1, -0.05) is 78.9 Å². The van der Waals surface area contributed by atoms with Gasteiger partial charge in [-0.3, -0.25) is 0 Å². The van der Waals surface area contributed by atoms with E-state index in [9.17, 15) is 0 Å². The highest BCUT2D eigenvalue weighted by Gasteiger charge is 2.16. The van der Waals surface area contributed by atoms with Gasteiger partial charge in [0.05, 0.1) is 0 Å². The fourth-order valence-electron chi connectivity index (χ4n) is 4.20. The van der Waals surface area contributed by atoms with Crippen molar-refractivity contribution in [3.63, 3.8) is 0 Å². The summed E-state index contributed by atoms with van der Waals surface area (Å²) in [6.07, 6.45) is 0. The van der Waals surface area contributed by atoms with Gasteiger partial charge in [0.1, 0.15) is 17.2 Å². The van der Waals surface area contributed by atoms with Crippen LogP contribution >= 0.6 is 0 Å². The fraction of sp³-hybridized carbons (Fsp3) is 0. The Labute approximate surface area is 160 Å². The van der Waals surface area contributed by atoms with Crippen LogP contribution in [0.4, 0.5) is 4.39 Å². The molecule has 0 N–H and O–H groups in total. The lowest BCUT2D eigenvalue weighted by atomic mass is 9.95.